The highest BCUT2D eigenvalue weighted by Gasteiger charge is 2.13. The average Bonchev–Trinajstić information content (AvgIpc) is 2.77. The number of benzene rings is 1. The van der Waals surface area contributed by atoms with E-state index in [0.29, 0.717) is 17.8 Å². The van der Waals surface area contributed by atoms with Crippen LogP contribution >= 0.6 is 0 Å². The van der Waals surface area contributed by atoms with E-state index in [9.17, 15) is 9.18 Å². The predicted molar refractivity (Wildman–Crippen MR) is 64.0 cm³/mol. The number of aromatic nitrogens is 2. The molecule has 0 fully saturated rings. The van der Waals surface area contributed by atoms with Crippen LogP contribution in [0, 0.1) is 5.82 Å². The van der Waals surface area contributed by atoms with Crippen LogP contribution in [-0.4, -0.2) is 27.4 Å². The van der Waals surface area contributed by atoms with Crippen molar-refractivity contribution in [1.82, 2.24) is 15.5 Å². The summed E-state index contributed by atoms with van der Waals surface area (Å²) in [4.78, 5) is 14.6. The second-order valence-corrected chi connectivity index (χ2v) is 4.08. The van der Waals surface area contributed by atoms with Gasteiger partial charge in [0.05, 0.1) is 0 Å². The first-order valence-corrected chi connectivity index (χ1v) is 5.62. The fourth-order valence-electron chi connectivity index (χ4n) is 1.58. The molecule has 1 atom stereocenters. The number of carbonyl (C=O) groups is 1. The number of nitrogens with one attached hydrogen (secondary N) is 1. The maximum Gasteiger partial charge on any atom is 0.404 e. The Morgan fingerprint density at radius 1 is 1.47 bits per heavy atom. The Bertz CT molecular complexity index is 568. The van der Waals surface area contributed by atoms with Gasteiger partial charge in [0.25, 0.3) is 5.89 Å². The van der Waals surface area contributed by atoms with Crippen molar-refractivity contribution in [2.75, 3.05) is 0 Å². The van der Waals surface area contributed by atoms with E-state index in [-0.39, 0.29) is 17.7 Å². The summed E-state index contributed by atoms with van der Waals surface area (Å²) >= 11 is 0. The number of amides is 1. The van der Waals surface area contributed by atoms with Crippen molar-refractivity contribution in [2.45, 2.75) is 19.4 Å². The third-order valence-corrected chi connectivity index (χ3v) is 2.42. The standard InChI is InChI=1S/C12H12FN3O3/c1-7(14-12(17)18)6-10-15-11(19-16-10)8-2-4-9(13)5-3-8/h2-5,7,14H,6H2,1H3,(H,17,18)/t7-/m0/s1. The summed E-state index contributed by atoms with van der Waals surface area (Å²) in [6, 6.07) is 5.34. The quantitative estimate of drug-likeness (QED) is 0.883. The molecule has 2 rings (SSSR count). The van der Waals surface area contributed by atoms with Crippen molar-refractivity contribution in [3.63, 3.8) is 0 Å². The molecule has 19 heavy (non-hydrogen) atoms. The van der Waals surface area contributed by atoms with Crippen LogP contribution in [0.5, 0.6) is 0 Å². The Hall–Kier alpha value is -2.44. The maximum atomic E-state index is 12.8. The summed E-state index contributed by atoms with van der Waals surface area (Å²) < 4.78 is 17.8. The second kappa shape index (κ2) is 5.47. The van der Waals surface area contributed by atoms with Crippen molar-refractivity contribution in [2.24, 2.45) is 0 Å². The molecule has 1 heterocycles. The Balaban J connectivity index is 2.06. The molecular formula is C12H12FN3O3. The minimum atomic E-state index is -1.10. The lowest BCUT2D eigenvalue weighted by atomic mass is 10.2. The monoisotopic (exact) mass is 265 g/mol. The van der Waals surface area contributed by atoms with Crippen LogP contribution in [0.1, 0.15) is 12.7 Å². The molecular weight excluding hydrogens is 253 g/mol. The summed E-state index contributed by atoms with van der Waals surface area (Å²) in [6.07, 6.45) is -0.786. The van der Waals surface area contributed by atoms with E-state index in [1.165, 1.54) is 24.3 Å². The molecule has 100 valence electrons. The molecule has 6 nitrogen and oxygen atoms in total. The molecule has 0 radical (unpaired) electrons. The third-order valence-electron chi connectivity index (χ3n) is 2.42. The molecule has 0 saturated carbocycles. The van der Waals surface area contributed by atoms with Crippen LogP contribution in [0.15, 0.2) is 28.8 Å². The lowest BCUT2D eigenvalue weighted by Gasteiger charge is -2.07. The smallest absolute Gasteiger partial charge is 0.404 e. The first-order chi connectivity index (χ1) is 9.04. The van der Waals surface area contributed by atoms with Crippen molar-refractivity contribution in [3.05, 3.63) is 35.9 Å². The highest BCUT2D eigenvalue weighted by atomic mass is 19.1. The van der Waals surface area contributed by atoms with Crippen LogP contribution in [0.3, 0.4) is 0 Å². The molecule has 0 bridgehead atoms. The number of hydrogen-bond donors (Lipinski definition) is 2. The molecule has 0 aliphatic rings. The summed E-state index contributed by atoms with van der Waals surface area (Å²) in [5, 5.41) is 14.6. The van der Waals surface area contributed by atoms with Gasteiger partial charge in [0.1, 0.15) is 5.82 Å². The van der Waals surface area contributed by atoms with Gasteiger partial charge < -0.3 is 14.9 Å². The van der Waals surface area contributed by atoms with Crippen LogP contribution < -0.4 is 5.32 Å². The largest absolute Gasteiger partial charge is 0.465 e. The first kappa shape index (κ1) is 13.0. The molecule has 0 aliphatic carbocycles. The molecule has 1 aromatic heterocycles. The van der Waals surface area contributed by atoms with Crippen LogP contribution in [0.4, 0.5) is 9.18 Å². The molecule has 0 aliphatic heterocycles. The molecule has 2 N–H and O–H groups in total. The van der Waals surface area contributed by atoms with Crippen LogP contribution in [0.2, 0.25) is 0 Å². The van der Waals surface area contributed by atoms with E-state index < -0.39 is 6.09 Å². The molecule has 0 unspecified atom stereocenters. The summed E-state index contributed by atoms with van der Waals surface area (Å²) in [7, 11) is 0. The van der Waals surface area contributed by atoms with Crippen LogP contribution in [-0.2, 0) is 6.42 Å². The van der Waals surface area contributed by atoms with Gasteiger partial charge in [0, 0.05) is 18.0 Å². The summed E-state index contributed by atoms with van der Waals surface area (Å²) in [6.45, 7) is 1.70. The predicted octanol–water partition coefficient (Wildman–Crippen LogP) is 2.07. The van der Waals surface area contributed by atoms with E-state index in [4.69, 9.17) is 9.63 Å². The Labute approximate surface area is 108 Å². The normalized spacial score (nSPS) is 12.1. The number of rotatable bonds is 4. The van der Waals surface area contributed by atoms with Gasteiger partial charge in [-0.15, -0.1) is 0 Å². The highest BCUT2D eigenvalue weighted by molar-refractivity contribution is 5.64. The van der Waals surface area contributed by atoms with Crippen molar-refractivity contribution in [3.8, 4) is 11.5 Å². The van der Waals surface area contributed by atoms with Gasteiger partial charge in [-0.1, -0.05) is 5.16 Å². The van der Waals surface area contributed by atoms with Crippen molar-refractivity contribution < 1.29 is 18.8 Å². The maximum absolute atomic E-state index is 12.8. The number of halogens is 1. The van der Waals surface area contributed by atoms with Gasteiger partial charge in [-0.2, -0.15) is 4.98 Å². The van der Waals surface area contributed by atoms with E-state index in [1.54, 1.807) is 6.92 Å². The lowest BCUT2D eigenvalue weighted by molar-refractivity contribution is 0.190. The zero-order chi connectivity index (χ0) is 13.8. The SMILES string of the molecule is C[C@@H](Cc1noc(-c2ccc(F)cc2)n1)NC(=O)O. The van der Waals surface area contributed by atoms with Crippen molar-refractivity contribution in [1.29, 1.82) is 0 Å². The minimum Gasteiger partial charge on any atom is -0.465 e. The summed E-state index contributed by atoms with van der Waals surface area (Å²) in [5.41, 5.74) is 0.610. The summed E-state index contributed by atoms with van der Waals surface area (Å²) in [5.74, 6) is 0.320. The third kappa shape index (κ3) is 3.51. The van der Waals surface area contributed by atoms with Gasteiger partial charge in [-0.3, -0.25) is 0 Å². The van der Waals surface area contributed by atoms with Gasteiger partial charge in [0.2, 0.25) is 0 Å². The minimum absolute atomic E-state index is 0.275. The van der Waals surface area contributed by atoms with E-state index in [1.807, 2.05) is 0 Å². The number of nitrogens with zero attached hydrogens (tertiary/aromatic N) is 2. The first-order valence-electron chi connectivity index (χ1n) is 5.62. The van der Waals surface area contributed by atoms with E-state index in [2.05, 4.69) is 15.5 Å². The lowest BCUT2D eigenvalue weighted by Crippen LogP contribution is -2.32. The van der Waals surface area contributed by atoms with E-state index in [0.717, 1.165) is 0 Å². The van der Waals surface area contributed by atoms with Gasteiger partial charge >= 0.3 is 6.09 Å². The average molecular weight is 265 g/mol. The van der Waals surface area contributed by atoms with Gasteiger partial charge in [-0.05, 0) is 31.2 Å². The fourth-order valence-corrected chi connectivity index (χ4v) is 1.58. The zero-order valence-electron chi connectivity index (χ0n) is 10.1. The molecule has 2 aromatic rings. The van der Waals surface area contributed by atoms with Crippen LogP contribution in [0.25, 0.3) is 11.5 Å². The second-order valence-electron chi connectivity index (χ2n) is 4.08. The zero-order valence-corrected chi connectivity index (χ0v) is 10.1. The topological polar surface area (TPSA) is 88.3 Å². The molecule has 0 spiro atoms. The molecule has 1 amide bonds. The van der Waals surface area contributed by atoms with Gasteiger partial charge in [0.15, 0.2) is 5.82 Å². The number of carboxylic acid groups (broad SMARTS) is 1. The fraction of sp³-hybridized carbons (Fsp3) is 0.250. The van der Waals surface area contributed by atoms with Gasteiger partial charge in [-0.25, -0.2) is 9.18 Å². The Kier molecular flexibility index (Phi) is 3.74. The van der Waals surface area contributed by atoms with E-state index >= 15 is 0 Å². The molecule has 0 saturated heterocycles. The highest BCUT2D eigenvalue weighted by Crippen LogP contribution is 2.17. The Morgan fingerprint density at radius 3 is 2.79 bits per heavy atom. The molecule has 7 heteroatoms. The number of hydrogen-bond acceptors (Lipinski definition) is 4. The Morgan fingerprint density at radius 2 is 2.16 bits per heavy atom. The molecule has 1 aromatic carbocycles. The van der Waals surface area contributed by atoms with Crippen molar-refractivity contribution >= 4 is 6.09 Å².